The van der Waals surface area contributed by atoms with E-state index >= 15 is 0 Å². The van der Waals surface area contributed by atoms with Crippen molar-refractivity contribution in [2.45, 2.75) is 13.8 Å². The molecule has 0 atom stereocenters. The van der Waals surface area contributed by atoms with E-state index in [9.17, 15) is 8.78 Å². The van der Waals surface area contributed by atoms with Gasteiger partial charge in [-0.15, -0.1) is 0 Å². The maximum atomic E-state index is 13.6. The molecule has 0 aliphatic carbocycles. The Kier molecular flexibility index (Phi) is 4.08. The van der Waals surface area contributed by atoms with Crippen LogP contribution in [0.4, 0.5) is 25.8 Å². The molecule has 0 aromatic heterocycles. The fourth-order valence-electron chi connectivity index (χ4n) is 1.91. The van der Waals surface area contributed by atoms with Crippen LogP contribution >= 0.6 is 0 Å². The standard InChI is InChI=1S/C15H16F2N2O/c1-3-20-15-8-14(13(18)7-12(15)17)19-11-5-9(2)4-10(16)6-11/h4-8,19H,3,18H2,1-2H3. The number of ether oxygens (including phenoxy) is 1. The van der Waals surface area contributed by atoms with E-state index < -0.39 is 5.82 Å². The Morgan fingerprint density at radius 1 is 1.15 bits per heavy atom. The van der Waals surface area contributed by atoms with Crippen LogP contribution in [-0.4, -0.2) is 6.61 Å². The van der Waals surface area contributed by atoms with Gasteiger partial charge in [0.2, 0.25) is 0 Å². The Bertz CT molecular complexity index is 609. The molecule has 0 unspecified atom stereocenters. The first-order valence-electron chi connectivity index (χ1n) is 6.25. The van der Waals surface area contributed by atoms with Crippen LogP contribution in [-0.2, 0) is 0 Å². The van der Waals surface area contributed by atoms with Gasteiger partial charge in [-0.05, 0) is 37.6 Å². The molecule has 0 bridgehead atoms. The quantitative estimate of drug-likeness (QED) is 0.831. The minimum absolute atomic E-state index is 0.109. The van der Waals surface area contributed by atoms with Crippen LogP contribution in [0.25, 0.3) is 0 Å². The Balaban J connectivity index is 2.34. The Hall–Kier alpha value is -2.30. The van der Waals surface area contributed by atoms with Gasteiger partial charge in [-0.2, -0.15) is 0 Å². The number of hydrogen-bond donors (Lipinski definition) is 2. The number of hydrogen-bond acceptors (Lipinski definition) is 3. The highest BCUT2D eigenvalue weighted by molar-refractivity contribution is 5.74. The number of nitrogens with two attached hydrogens (primary N) is 1. The van der Waals surface area contributed by atoms with Crippen molar-refractivity contribution >= 4 is 17.1 Å². The van der Waals surface area contributed by atoms with Gasteiger partial charge in [0.1, 0.15) is 5.82 Å². The van der Waals surface area contributed by atoms with E-state index in [-0.39, 0.29) is 17.3 Å². The van der Waals surface area contributed by atoms with Gasteiger partial charge >= 0.3 is 0 Å². The Labute approximate surface area is 116 Å². The van der Waals surface area contributed by atoms with Crippen LogP contribution in [0.5, 0.6) is 5.75 Å². The normalized spacial score (nSPS) is 10.4. The SMILES string of the molecule is CCOc1cc(Nc2cc(C)cc(F)c2)c(N)cc1F. The lowest BCUT2D eigenvalue weighted by atomic mass is 10.2. The number of anilines is 3. The summed E-state index contributed by atoms with van der Waals surface area (Å²) in [6.07, 6.45) is 0. The van der Waals surface area contributed by atoms with Crippen molar-refractivity contribution in [2.75, 3.05) is 17.7 Å². The first-order chi connectivity index (χ1) is 9.49. The van der Waals surface area contributed by atoms with Gasteiger partial charge < -0.3 is 15.8 Å². The van der Waals surface area contributed by atoms with E-state index in [1.807, 2.05) is 0 Å². The minimum atomic E-state index is -0.523. The predicted molar refractivity (Wildman–Crippen MR) is 76.4 cm³/mol. The molecule has 2 aromatic carbocycles. The van der Waals surface area contributed by atoms with Crippen LogP contribution in [0.2, 0.25) is 0 Å². The molecule has 0 heterocycles. The van der Waals surface area contributed by atoms with Crippen molar-refractivity contribution < 1.29 is 13.5 Å². The third kappa shape index (κ3) is 3.17. The number of rotatable bonds is 4. The highest BCUT2D eigenvalue weighted by atomic mass is 19.1. The van der Waals surface area contributed by atoms with Crippen molar-refractivity contribution in [3.05, 3.63) is 47.5 Å². The summed E-state index contributed by atoms with van der Waals surface area (Å²) in [5.41, 5.74) is 7.78. The second-order valence-electron chi connectivity index (χ2n) is 4.45. The van der Waals surface area contributed by atoms with Crippen molar-refractivity contribution in [2.24, 2.45) is 0 Å². The van der Waals surface area contributed by atoms with E-state index in [1.54, 1.807) is 19.9 Å². The number of halogens is 2. The predicted octanol–water partition coefficient (Wildman–Crippen LogP) is 4.00. The summed E-state index contributed by atoms with van der Waals surface area (Å²) in [7, 11) is 0. The zero-order valence-corrected chi connectivity index (χ0v) is 11.3. The molecule has 5 heteroatoms. The Morgan fingerprint density at radius 2 is 1.90 bits per heavy atom. The molecule has 0 aliphatic heterocycles. The molecule has 3 nitrogen and oxygen atoms in total. The second kappa shape index (κ2) is 5.77. The lowest BCUT2D eigenvalue weighted by molar-refractivity contribution is 0.322. The van der Waals surface area contributed by atoms with Crippen molar-refractivity contribution in [3.63, 3.8) is 0 Å². The maximum Gasteiger partial charge on any atom is 0.167 e. The number of benzene rings is 2. The molecule has 2 rings (SSSR count). The lowest BCUT2D eigenvalue weighted by Crippen LogP contribution is -2.01. The Morgan fingerprint density at radius 3 is 2.55 bits per heavy atom. The summed E-state index contributed by atoms with van der Waals surface area (Å²) < 4.78 is 32.1. The van der Waals surface area contributed by atoms with Gasteiger partial charge in [0.15, 0.2) is 11.6 Å². The first kappa shape index (κ1) is 14.1. The second-order valence-corrected chi connectivity index (χ2v) is 4.45. The largest absolute Gasteiger partial charge is 0.491 e. The van der Waals surface area contributed by atoms with Crippen molar-refractivity contribution in [1.29, 1.82) is 0 Å². The van der Waals surface area contributed by atoms with Crippen LogP contribution in [0.3, 0.4) is 0 Å². The minimum Gasteiger partial charge on any atom is -0.491 e. The highest BCUT2D eigenvalue weighted by Gasteiger charge is 2.09. The summed E-state index contributed by atoms with van der Waals surface area (Å²) in [5, 5.41) is 2.97. The van der Waals surface area contributed by atoms with E-state index in [1.165, 1.54) is 24.3 Å². The highest BCUT2D eigenvalue weighted by Crippen LogP contribution is 2.31. The summed E-state index contributed by atoms with van der Waals surface area (Å²) in [6, 6.07) is 7.18. The van der Waals surface area contributed by atoms with Gasteiger partial charge in [0.25, 0.3) is 0 Å². The summed E-state index contributed by atoms with van der Waals surface area (Å²) in [6.45, 7) is 3.89. The van der Waals surface area contributed by atoms with Crippen molar-refractivity contribution in [3.8, 4) is 5.75 Å². The number of nitrogens with one attached hydrogen (secondary N) is 1. The molecule has 0 aliphatic rings. The van der Waals surface area contributed by atoms with Crippen LogP contribution in [0.15, 0.2) is 30.3 Å². The van der Waals surface area contributed by atoms with E-state index in [4.69, 9.17) is 10.5 Å². The number of nitrogen functional groups attached to an aromatic ring is 1. The zero-order chi connectivity index (χ0) is 14.7. The fraction of sp³-hybridized carbons (Fsp3) is 0.200. The van der Waals surface area contributed by atoms with Crippen LogP contribution < -0.4 is 15.8 Å². The smallest absolute Gasteiger partial charge is 0.167 e. The molecule has 0 fully saturated rings. The van der Waals surface area contributed by atoms with Gasteiger partial charge in [-0.3, -0.25) is 0 Å². The molecule has 20 heavy (non-hydrogen) atoms. The topological polar surface area (TPSA) is 47.3 Å². The molecule has 106 valence electrons. The van der Waals surface area contributed by atoms with Crippen LogP contribution in [0, 0.1) is 18.6 Å². The fourth-order valence-corrected chi connectivity index (χ4v) is 1.91. The summed E-state index contributed by atoms with van der Waals surface area (Å²) in [5.74, 6) is -0.763. The zero-order valence-electron chi connectivity index (χ0n) is 11.3. The molecular formula is C15H16F2N2O. The van der Waals surface area contributed by atoms with E-state index in [0.717, 1.165) is 5.56 Å². The molecule has 0 saturated heterocycles. The molecule has 0 radical (unpaired) electrons. The average Bonchev–Trinajstić information content (AvgIpc) is 2.34. The molecule has 0 saturated carbocycles. The monoisotopic (exact) mass is 278 g/mol. The summed E-state index contributed by atoms with van der Waals surface area (Å²) >= 11 is 0. The third-order valence-electron chi connectivity index (χ3n) is 2.73. The maximum absolute atomic E-state index is 13.6. The molecular weight excluding hydrogens is 262 g/mol. The van der Waals surface area contributed by atoms with Crippen molar-refractivity contribution in [1.82, 2.24) is 0 Å². The van der Waals surface area contributed by atoms with Gasteiger partial charge in [-0.1, -0.05) is 0 Å². The average molecular weight is 278 g/mol. The molecule has 3 N–H and O–H groups in total. The van der Waals surface area contributed by atoms with Gasteiger partial charge in [0.05, 0.1) is 18.0 Å². The van der Waals surface area contributed by atoms with E-state index in [0.29, 0.717) is 18.0 Å². The third-order valence-corrected chi connectivity index (χ3v) is 2.73. The molecule has 0 amide bonds. The molecule has 2 aromatic rings. The molecule has 0 spiro atoms. The van der Waals surface area contributed by atoms with Gasteiger partial charge in [0, 0.05) is 17.8 Å². The van der Waals surface area contributed by atoms with E-state index in [2.05, 4.69) is 5.32 Å². The van der Waals surface area contributed by atoms with Crippen LogP contribution in [0.1, 0.15) is 12.5 Å². The first-order valence-corrected chi connectivity index (χ1v) is 6.25. The van der Waals surface area contributed by atoms with Gasteiger partial charge in [-0.25, -0.2) is 8.78 Å². The number of aryl methyl sites for hydroxylation is 1. The summed E-state index contributed by atoms with van der Waals surface area (Å²) in [4.78, 5) is 0. The lowest BCUT2D eigenvalue weighted by Gasteiger charge is -2.13.